The lowest BCUT2D eigenvalue weighted by atomic mass is 10.00. The molecule has 1 aromatic heterocycles. The SMILES string of the molecule is C=C(C)C(=O)OCCOC(=O)CCC(=O)Oc1ccc2ccccc2c1-c1nc(-c2c(O)ccc3ccccc23)nc(-c2c(OC(=O)CCOC(=O)CCOC(=O)C(=C)C)ccc3ccccc23)n1. The van der Waals surface area contributed by atoms with Crippen LogP contribution in [-0.2, 0) is 47.7 Å². The first-order valence-corrected chi connectivity index (χ1v) is 21.7. The number of ether oxygens (including phenoxy) is 6. The molecule has 0 saturated carbocycles. The molecule has 7 rings (SSSR count). The Balaban J connectivity index is 1.27. The first-order valence-electron chi connectivity index (χ1n) is 21.7. The van der Waals surface area contributed by atoms with Crippen LogP contribution >= 0.6 is 0 Å². The number of carbonyl (C=O) groups excluding carboxylic acids is 6. The van der Waals surface area contributed by atoms with Gasteiger partial charge in [-0.25, -0.2) is 24.5 Å². The second kappa shape index (κ2) is 22.1. The molecule has 7 aromatic rings. The average Bonchev–Trinajstić information content (AvgIpc) is 3.34. The number of phenols is 1. The Kier molecular flexibility index (Phi) is 15.4. The van der Waals surface area contributed by atoms with Crippen LogP contribution in [-0.4, -0.2) is 82.3 Å². The van der Waals surface area contributed by atoms with E-state index in [9.17, 15) is 33.9 Å². The van der Waals surface area contributed by atoms with Gasteiger partial charge >= 0.3 is 35.8 Å². The average molecular weight is 932 g/mol. The molecule has 1 heterocycles. The lowest BCUT2D eigenvalue weighted by Crippen LogP contribution is -2.16. The van der Waals surface area contributed by atoms with E-state index in [0.717, 1.165) is 16.2 Å². The molecule has 0 aliphatic heterocycles. The Hall–Kier alpha value is -8.79. The van der Waals surface area contributed by atoms with Crippen LogP contribution in [0.5, 0.6) is 17.2 Å². The molecular formula is C53H45N3O13. The zero-order valence-corrected chi connectivity index (χ0v) is 37.7. The van der Waals surface area contributed by atoms with E-state index in [1.54, 1.807) is 54.6 Å². The van der Waals surface area contributed by atoms with Gasteiger partial charge in [-0.15, -0.1) is 0 Å². The summed E-state index contributed by atoms with van der Waals surface area (Å²) in [5, 5.41) is 15.5. The van der Waals surface area contributed by atoms with E-state index in [1.165, 1.54) is 19.9 Å². The van der Waals surface area contributed by atoms with Crippen molar-refractivity contribution in [2.75, 3.05) is 26.4 Å². The predicted octanol–water partition coefficient (Wildman–Crippen LogP) is 8.73. The topological polar surface area (TPSA) is 217 Å². The van der Waals surface area contributed by atoms with E-state index in [-0.39, 0.29) is 115 Å². The van der Waals surface area contributed by atoms with E-state index < -0.39 is 35.8 Å². The Morgan fingerprint density at radius 2 is 0.797 bits per heavy atom. The number of phenolic OH excluding ortho intramolecular Hbond substituents is 1. The van der Waals surface area contributed by atoms with E-state index >= 15 is 0 Å². The van der Waals surface area contributed by atoms with Gasteiger partial charge in [-0.3, -0.25) is 19.2 Å². The standard InChI is InChI=1S/C53H45N3O13/c1-31(2)52(62)66-28-25-43(59)64-27-26-45(61)69-41-22-19-35-13-7-10-16-38(35)48(41)51-55-49(46-36-14-8-5-11-33(36)17-20-39(46)57)54-50(56-51)47-37-15-9-6-12-34(37)18-21-40(47)68-44(60)24-23-42(58)65-29-30-67-53(63)32(3)4/h5-22,57H,1,3,23-30H2,2,4H3. The fraction of sp³-hybridized carbons (Fsp3) is 0.189. The lowest BCUT2D eigenvalue weighted by molar-refractivity contribution is -0.151. The van der Waals surface area contributed by atoms with Crippen LogP contribution < -0.4 is 9.47 Å². The molecule has 0 fully saturated rings. The molecule has 0 saturated heterocycles. The molecule has 0 aliphatic carbocycles. The Bertz CT molecular complexity index is 3180. The van der Waals surface area contributed by atoms with Crippen molar-refractivity contribution in [3.05, 3.63) is 133 Å². The number of aromatic hydroxyl groups is 1. The maximum Gasteiger partial charge on any atom is 0.333 e. The number of hydrogen-bond donors (Lipinski definition) is 1. The van der Waals surface area contributed by atoms with Crippen molar-refractivity contribution in [2.45, 2.75) is 39.5 Å². The van der Waals surface area contributed by atoms with Crippen molar-refractivity contribution in [2.24, 2.45) is 0 Å². The van der Waals surface area contributed by atoms with Crippen molar-refractivity contribution in [1.82, 2.24) is 15.0 Å². The molecule has 69 heavy (non-hydrogen) atoms. The van der Waals surface area contributed by atoms with E-state index in [4.69, 9.17) is 43.4 Å². The van der Waals surface area contributed by atoms with Gasteiger partial charge in [0, 0.05) is 11.1 Å². The molecule has 1 N–H and O–H groups in total. The molecule has 0 aliphatic rings. The van der Waals surface area contributed by atoms with Crippen LogP contribution in [0, 0.1) is 0 Å². The fourth-order valence-electron chi connectivity index (χ4n) is 7.05. The predicted molar refractivity (Wildman–Crippen MR) is 254 cm³/mol. The molecule has 0 bridgehead atoms. The van der Waals surface area contributed by atoms with Crippen molar-refractivity contribution in [3.63, 3.8) is 0 Å². The summed E-state index contributed by atoms with van der Waals surface area (Å²) in [5.41, 5.74) is 1.18. The summed E-state index contributed by atoms with van der Waals surface area (Å²) in [6, 6.07) is 31.8. The number of benzene rings is 6. The molecule has 0 spiro atoms. The second-order valence-corrected chi connectivity index (χ2v) is 15.5. The van der Waals surface area contributed by atoms with Gasteiger partial charge in [0.15, 0.2) is 17.5 Å². The van der Waals surface area contributed by atoms with E-state index in [0.29, 0.717) is 16.2 Å². The second-order valence-electron chi connectivity index (χ2n) is 15.5. The fourth-order valence-corrected chi connectivity index (χ4v) is 7.05. The van der Waals surface area contributed by atoms with Crippen LogP contribution in [0.4, 0.5) is 0 Å². The molecule has 350 valence electrons. The van der Waals surface area contributed by atoms with Crippen molar-refractivity contribution in [1.29, 1.82) is 0 Å². The maximum absolute atomic E-state index is 13.5. The van der Waals surface area contributed by atoms with Gasteiger partial charge in [-0.1, -0.05) is 104 Å². The minimum absolute atomic E-state index is 0.0108. The smallest absolute Gasteiger partial charge is 0.333 e. The number of aromatic nitrogens is 3. The van der Waals surface area contributed by atoms with Gasteiger partial charge in [0.25, 0.3) is 0 Å². The number of carbonyl (C=O) groups is 6. The van der Waals surface area contributed by atoms with E-state index in [1.807, 2.05) is 48.5 Å². The summed E-state index contributed by atoms with van der Waals surface area (Å²) in [5.74, 6) is -4.22. The number of esters is 6. The molecule has 0 amide bonds. The number of rotatable bonds is 19. The molecule has 0 radical (unpaired) electrons. The molecule has 0 unspecified atom stereocenters. The van der Waals surface area contributed by atoms with Crippen LogP contribution in [0.1, 0.15) is 39.5 Å². The Morgan fingerprint density at radius 3 is 1.32 bits per heavy atom. The summed E-state index contributed by atoms with van der Waals surface area (Å²) in [6.07, 6.45) is -1.28. The number of nitrogens with zero attached hydrogens (tertiary/aromatic N) is 3. The third-order valence-electron chi connectivity index (χ3n) is 10.4. The van der Waals surface area contributed by atoms with Gasteiger partial charge in [0.2, 0.25) is 0 Å². The highest BCUT2D eigenvalue weighted by Gasteiger charge is 2.25. The van der Waals surface area contributed by atoms with Crippen molar-refractivity contribution in [3.8, 4) is 51.4 Å². The number of fused-ring (bicyclic) bond motifs is 3. The van der Waals surface area contributed by atoms with Gasteiger partial charge in [-0.2, -0.15) is 0 Å². The molecule has 16 nitrogen and oxygen atoms in total. The summed E-state index contributed by atoms with van der Waals surface area (Å²) in [7, 11) is 0. The van der Waals surface area contributed by atoms with Crippen molar-refractivity contribution < 1.29 is 62.3 Å². The largest absolute Gasteiger partial charge is 0.507 e. The summed E-state index contributed by atoms with van der Waals surface area (Å²) in [6.45, 7) is 9.01. The molecular weight excluding hydrogens is 887 g/mol. The zero-order chi connectivity index (χ0) is 49.0. The van der Waals surface area contributed by atoms with Crippen LogP contribution in [0.3, 0.4) is 0 Å². The summed E-state index contributed by atoms with van der Waals surface area (Å²) < 4.78 is 32.2. The third-order valence-corrected chi connectivity index (χ3v) is 10.4. The van der Waals surface area contributed by atoms with E-state index in [2.05, 4.69) is 13.2 Å². The molecule has 16 heteroatoms. The minimum Gasteiger partial charge on any atom is -0.507 e. The minimum atomic E-state index is -0.779. The van der Waals surface area contributed by atoms with Crippen LogP contribution in [0.2, 0.25) is 0 Å². The highest BCUT2D eigenvalue weighted by Crippen LogP contribution is 2.42. The van der Waals surface area contributed by atoms with Gasteiger partial charge in [0.1, 0.15) is 43.7 Å². The van der Waals surface area contributed by atoms with Crippen LogP contribution in [0.25, 0.3) is 66.5 Å². The van der Waals surface area contributed by atoms with Crippen LogP contribution in [0.15, 0.2) is 133 Å². The van der Waals surface area contributed by atoms with Gasteiger partial charge < -0.3 is 33.5 Å². The normalized spacial score (nSPS) is 10.9. The molecule has 6 aromatic carbocycles. The van der Waals surface area contributed by atoms with Gasteiger partial charge in [0.05, 0.1) is 42.4 Å². The first-order chi connectivity index (χ1) is 33.3. The highest BCUT2D eigenvalue weighted by atomic mass is 16.6. The maximum atomic E-state index is 13.5. The molecule has 0 atom stereocenters. The first kappa shape index (κ1) is 48.2. The quantitative estimate of drug-likeness (QED) is 0.0264. The Morgan fingerprint density at radius 1 is 0.435 bits per heavy atom. The van der Waals surface area contributed by atoms with Gasteiger partial charge in [-0.05, 0) is 64.4 Å². The third kappa shape index (κ3) is 12.0. The Labute approximate surface area is 395 Å². The van der Waals surface area contributed by atoms with Crippen molar-refractivity contribution >= 4 is 68.1 Å². The number of hydrogen-bond acceptors (Lipinski definition) is 16. The monoisotopic (exact) mass is 931 g/mol. The summed E-state index contributed by atoms with van der Waals surface area (Å²) >= 11 is 0. The lowest BCUT2D eigenvalue weighted by Gasteiger charge is -2.17. The highest BCUT2D eigenvalue weighted by molar-refractivity contribution is 6.03. The zero-order valence-electron chi connectivity index (χ0n) is 37.7. The summed E-state index contributed by atoms with van der Waals surface area (Å²) in [4.78, 5) is 90.1.